The topological polar surface area (TPSA) is 120 Å². The van der Waals surface area contributed by atoms with Gasteiger partial charge in [-0.25, -0.2) is 4.39 Å². The molecule has 10 nitrogen and oxygen atoms in total. The molecule has 0 aliphatic heterocycles. The zero-order valence-corrected chi connectivity index (χ0v) is 24.9. The fourth-order valence-electron chi connectivity index (χ4n) is 4.52. The highest BCUT2D eigenvalue weighted by molar-refractivity contribution is 7.22. The highest BCUT2D eigenvalue weighted by atomic mass is 32.1. The Bertz CT molecular complexity index is 2010. The van der Waals surface area contributed by atoms with Gasteiger partial charge in [0, 0.05) is 56.6 Å². The lowest BCUT2D eigenvalue weighted by Crippen LogP contribution is -2.29. The van der Waals surface area contributed by atoms with Crippen molar-refractivity contribution in [2.24, 2.45) is 0 Å². The number of ether oxygens (including phenoxy) is 2. The number of methoxy groups -OCH3 is 1. The average molecular weight is 623 g/mol. The summed E-state index contributed by atoms with van der Waals surface area (Å²) in [6.07, 6.45) is 4.79. The summed E-state index contributed by atoms with van der Waals surface area (Å²) in [5, 5.41) is 9.93. The molecule has 45 heavy (non-hydrogen) atoms. The number of amides is 1. The summed E-state index contributed by atoms with van der Waals surface area (Å²) in [5.41, 5.74) is 2.49. The minimum atomic E-state index is -0.692. The molecule has 0 radical (unpaired) electrons. The molecule has 6 aromatic rings. The Morgan fingerprint density at radius 2 is 1.84 bits per heavy atom. The normalized spacial score (nSPS) is 11.1. The van der Waals surface area contributed by atoms with Crippen LogP contribution in [0.15, 0.2) is 102 Å². The van der Waals surface area contributed by atoms with E-state index < -0.39 is 17.3 Å². The van der Waals surface area contributed by atoms with Crippen molar-refractivity contribution >= 4 is 33.1 Å². The van der Waals surface area contributed by atoms with Crippen LogP contribution in [0.1, 0.15) is 15.9 Å². The number of carbonyl (C=O) groups is 1. The van der Waals surface area contributed by atoms with Crippen molar-refractivity contribution < 1.29 is 18.7 Å². The van der Waals surface area contributed by atoms with Crippen LogP contribution in [0, 0.1) is 5.82 Å². The van der Waals surface area contributed by atoms with Gasteiger partial charge in [0.1, 0.15) is 11.3 Å². The minimum Gasteiger partial charge on any atom is -0.453 e. The summed E-state index contributed by atoms with van der Waals surface area (Å²) in [6.45, 7) is 2.08. The molecule has 4 heterocycles. The molecule has 0 aliphatic rings. The van der Waals surface area contributed by atoms with Crippen LogP contribution < -0.4 is 20.9 Å². The third kappa shape index (κ3) is 6.78. The maximum Gasteiger partial charge on any atom is 0.284 e. The molecule has 0 spiro atoms. The van der Waals surface area contributed by atoms with E-state index in [9.17, 15) is 9.59 Å². The maximum atomic E-state index is 15.2. The number of anilines is 1. The molecular weight excluding hydrogens is 595 g/mol. The molecule has 0 saturated carbocycles. The van der Waals surface area contributed by atoms with E-state index in [1.807, 2.05) is 30.5 Å². The van der Waals surface area contributed by atoms with Gasteiger partial charge in [-0.15, -0.1) is 11.3 Å². The third-order valence-corrected chi connectivity index (χ3v) is 7.93. The number of fused-ring (bicyclic) bond motifs is 1. The van der Waals surface area contributed by atoms with E-state index in [4.69, 9.17) is 9.47 Å². The molecule has 2 N–H and O–H groups in total. The smallest absolute Gasteiger partial charge is 0.284 e. The molecule has 0 bridgehead atoms. The van der Waals surface area contributed by atoms with Crippen LogP contribution in [-0.2, 0) is 11.3 Å². The van der Waals surface area contributed by atoms with E-state index in [1.54, 1.807) is 43.6 Å². The van der Waals surface area contributed by atoms with E-state index in [-0.39, 0.29) is 17.0 Å². The summed E-state index contributed by atoms with van der Waals surface area (Å²) < 4.78 is 28.1. The highest BCUT2D eigenvalue weighted by Gasteiger charge is 2.17. The van der Waals surface area contributed by atoms with Crippen LogP contribution in [0.4, 0.5) is 10.1 Å². The number of rotatable bonds is 11. The summed E-state index contributed by atoms with van der Waals surface area (Å²) in [5.74, 6) is -0.980. The van der Waals surface area contributed by atoms with Crippen molar-refractivity contribution in [2.45, 2.75) is 6.54 Å². The zero-order valence-electron chi connectivity index (χ0n) is 24.1. The number of para-hydroxylation sites is 1. The van der Waals surface area contributed by atoms with Gasteiger partial charge < -0.3 is 20.1 Å². The predicted molar refractivity (Wildman–Crippen MR) is 171 cm³/mol. The fraction of sp³-hybridized carbons (Fsp3) is 0.121. The Kier molecular flexibility index (Phi) is 8.96. The molecule has 1 amide bonds. The summed E-state index contributed by atoms with van der Waals surface area (Å²) in [4.78, 5) is 35.8. The highest BCUT2D eigenvalue weighted by Crippen LogP contribution is 2.39. The second-order valence-corrected chi connectivity index (χ2v) is 10.9. The molecule has 4 aromatic heterocycles. The number of halogens is 1. The largest absolute Gasteiger partial charge is 0.453 e. The molecule has 0 unspecified atom stereocenters. The Balaban J connectivity index is 1.16. The second kappa shape index (κ2) is 13.6. The van der Waals surface area contributed by atoms with Gasteiger partial charge in [0.25, 0.3) is 11.5 Å². The molecule has 2 aromatic carbocycles. The molecular formula is C33H27FN6O4S. The number of hydrogen-bond donors (Lipinski definition) is 2. The van der Waals surface area contributed by atoms with Crippen molar-refractivity contribution in [3.8, 4) is 27.8 Å². The summed E-state index contributed by atoms with van der Waals surface area (Å²) >= 11 is 1.44. The minimum absolute atomic E-state index is 0.0331. The zero-order chi connectivity index (χ0) is 31.2. The number of carbonyl (C=O) groups excluding carboxylic acids is 1. The van der Waals surface area contributed by atoms with E-state index in [0.29, 0.717) is 30.1 Å². The SMILES string of the molecule is COCCNCc1ccc(-c2cc3nccc(Oc4ccc(NC(=O)c5ccnn(-c6ccccc6)c5=O)cc4F)c3s2)nc1. The molecule has 0 fully saturated rings. The maximum absolute atomic E-state index is 15.2. The van der Waals surface area contributed by atoms with Crippen LogP contribution in [0.2, 0.25) is 0 Å². The molecule has 0 saturated heterocycles. The number of pyridine rings is 2. The molecule has 0 atom stereocenters. The van der Waals surface area contributed by atoms with Crippen LogP contribution in [0.5, 0.6) is 11.5 Å². The third-order valence-electron chi connectivity index (χ3n) is 6.77. The fourth-order valence-corrected chi connectivity index (χ4v) is 5.56. The Labute approximate surface area is 261 Å². The van der Waals surface area contributed by atoms with Crippen molar-refractivity contribution in [3.05, 3.63) is 125 Å². The van der Waals surface area contributed by atoms with Gasteiger partial charge >= 0.3 is 0 Å². The molecule has 226 valence electrons. The number of nitrogens with one attached hydrogen (secondary N) is 2. The summed E-state index contributed by atoms with van der Waals surface area (Å²) in [6, 6.07) is 21.7. The van der Waals surface area contributed by atoms with Crippen molar-refractivity contribution in [1.29, 1.82) is 0 Å². The van der Waals surface area contributed by atoms with Gasteiger partial charge in [0.05, 0.1) is 33.1 Å². The van der Waals surface area contributed by atoms with Gasteiger partial charge in [0.2, 0.25) is 0 Å². The van der Waals surface area contributed by atoms with E-state index >= 15 is 4.39 Å². The quantitative estimate of drug-likeness (QED) is 0.173. The van der Waals surface area contributed by atoms with Crippen molar-refractivity contribution in [1.82, 2.24) is 25.1 Å². The van der Waals surface area contributed by atoms with Crippen LogP contribution in [0.3, 0.4) is 0 Å². The van der Waals surface area contributed by atoms with Crippen molar-refractivity contribution in [2.75, 3.05) is 25.6 Å². The number of nitrogens with zero attached hydrogens (tertiary/aromatic N) is 4. The molecule has 0 aliphatic carbocycles. The first kappa shape index (κ1) is 29.8. The Morgan fingerprint density at radius 1 is 0.978 bits per heavy atom. The first-order chi connectivity index (χ1) is 22.0. The lowest BCUT2D eigenvalue weighted by Gasteiger charge is -2.10. The molecule has 6 rings (SSSR count). The predicted octanol–water partition coefficient (Wildman–Crippen LogP) is 5.82. The molecule has 12 heteroatoms. The van der Waals surface area contributed by atoms with E-state index in [1.165, 1.54) is 35.7 Å². The van der Waals surface area contributed by atoms with Gasteiger partial charge in [-0.3, -0.25) is 19.6 Å². The van der Waals surface area contributed by atoms with Crippen LogP contribution in [0.25, 0.3) is 26.5 Å². The van der Waals surface area contributed by atoms with Crippen molar-refractivity contribution in [3.63, 3.8) is 0 Å². The Hall–Kier alpha value is -5.30. The Morgan fingerprint density at radius 3 is 2.62 bits per heavy atom. The van der Waals surface area contributed by atoms with Gasteiger partial charge in [-0.05, 0) is 48.0 Å². The van der Waals surface area contributed by atoms with Crippen LogP contribution in [-0.4, -0.2) is 45.9 Å². The van der Waals surface area contributed by atoms with Gasteiger partial charge in [-0.1, -0.05) is 24.3 Å². The summed E-state index contributed by atoms with van der Waals surface area (Å²) in [7, 11) is 1.67. The average Bonchev–Trinajstić information content (AvgIpc) is 3.51. The number of hydrogen-bond acceptors (Lipinski definition) is 9. The lowest BCUT2D eigenvalue weighted by molar-refractivity contribution is 0.102. The monoisotopic (exact) mass is 622 g/mol. The standard InChI is InChI=1S/C33H27FN6O4S/c1-43-16-15-35-19-21-7-9-26(37-20-21)30-18-27-31(45-30)29(12-13-36-27)44-28-10-8-22(17-25(28)34)39-32(41)24-11-14-38-40(33(24)42)23-5-3-2-4-6-23/h2-14,17-18,20,35H,15-16,19H2,1H3,(H,39,41). The number of thiophene rings is 1. The van der Waals surface area contributed by atoms with E-state index in [0.717, 1.165) is 38.1 Å². The number of benzene rings is 2. The van der Waals surface area contributed by atoms with Gasteiger partial charge in [0.15, 0.2) is 11.6 Å². The first-order valence-corrected chi connectivity index (χ1v) is 14.8. The van der Waals surface area contributed by atoms with E-state index in [2.05, 4.69) is 25.7 Å². The lowest BCUT2D eigenvalue weighted by atomic mass is 10.2. The van der Waals surface area contributed by atoms with Gasteiger partial charge in [-0.2, -0.15) is 9.78 Å². The number of aromatic nitrogens is 4. The second-order valence-electron chi connectivity index (χ2n) is 9.85. The van der Waals surface area contributed by atoms with Crippen LogP contribution >= 0.6 is 11.3 Å². The first-order valence-electron chi connectivity index (χ1n) is 14.0.